The molecule has 2 aromatic rings. The highest BCUT2D eigenvalue weighted by atomic mass is 32.1. The number of aliphatic hydroxyl groups excluding tert-OH is 1. The van der Waals surface area contributed by atoms with E-state index in [0.717, 1.165) is 42.2 Å². The first-order valence-electron chi connectivity index (χ1n) is 12.6. The van der Waals surface area contributed by atoms with E-state index in [2.05, 4.69) is 59.7 Å². The first-order chi connectivity index (χ1) is 17.1. The number of benzene rings is 1. The molecule has 3 aliphatic rings. The van der Waals surface area contributed by atoms with Crippen LogP contribution in [-0.2, 0) is 27.4 Å². The number of fused-ring (bicyclic) bond motifs is 1. The van der Waals surface area contributed by atoms with Crippen molar-refractivity contribution in [3.63, 3.8) is 0 Å². The van der Waals surface area contributed by atoms with E-state index in [1.807, 2.05) is 0 Å². The Morgan fingerprint density at radius 1 is 1.14 bits per heavy atom. The summed E-state index contributed by atoms with van der Waals surface area (Å²) < 4.78 is 16.4. The van der Waals surface area contributed by atoms with Crippen LogP contribution < -0.4 is 4.90 Å². The summed E-state index contributed by atoms with van der Waals surface area (Å²) in [7, 11) is 1.76. The molecule has 1 N–H and O–H groups in total. The molecule has 1 heterocycles. The van der Waals surface area contributed by atoms with Crippen molar-refractivity contribution in [2.45, 2.75) is 44.9 Å². The van der Waals surface area contributed by atoms with Gasteiger partial charge in [-0.3, -0.25) is 0 Å². The molecule has 3 aliphatic carbocycles. The van der Waals surface area contributed by atoms with E-state index in [1.54, 1.807) is 18.4 Å². The number of methoxy groups -OCH3 is 1. The maximum Gasteiger partial charge on any atom is 0.186 e. The minimum absolute atomic E-state index is 0.0340. The predicted octanol–water partition coefficient (Wildman–Crippen LogP) is 4.70. The highest BCUT2D eigenvalue weighted by molar-refractivity contribution is 7.13. The molecule has 0 saturated heterocycles. The third kappa shape index (κ3) is 5.87. The topological polar surface area (TPSA) is 64.1 Å². The zero-order valence-corrected chi connectivity index (χ0v) is 21.5. The molecule has 2 fully saturated rings. The fourth-order valence-electron chi connectivity index (χ4n) is 5.14. The van der Waals surface area contributed by atoms with Gasteiger partial charge in [0, 0.05) is 25.6 Å². The Bertz CT molecular complexity index is 1050. The second-order valence-electron chi connectivity index (χ2n) is 10.0. The highest BCUT2D eigenvalue weighted by Gasteiger charge is 2.75. The van der Waals surface area contributed by atoms with E-state index in [0.29, 0.717) is 31.8 Å². The Hall–Kier alpha value is -2.03. The number of ether oxygens (including phenoxy) is 3. The van der Waals surface area contributed by atoms with E-state index in [1.165, 1.54) is 23.1 Å². The van der Waals surface area contributed by atoms with Crippen LogP contribution in [0.15, 0.2) is 53.4 Å². The maximum absolute atomic E-state index is 8.77. The van der Waals surface area contributed by atoms with Gasteiger partial charge in [-0.25, -0.2) is 4.98 Å². The molecule has 6 nitrogen and oxygen atoms in total. The van der Waals surface area contributed by atoms with Crippen LogP contribution in [0.4, 0.5) is 5.13 Å². The molecule has 1 aromatic heterocycles. The quantitative estimate of drug-likeness (QED) is 0.383. The molecule has 5 rings (SSSR count). The number of nitrogens with zero attached hydrogens (tertiary/aromatic N) is 2. The molecule has 0 aliphatic heterocycles. The summed E-state index contributed by atoms with van der Waals surface area (Å²) in [5.74, 6) is 1.72. The normalized spacial score (nSPS) is 26.4. The third-order valence-electron chi connectivity index (χ3n) is 7.54. The van der Waals surface area contributed by atoms with E-state index in [9.17, 15) is 0 Å². The van der Waals surface area contributed by atoms with Gasteiger partial charge in [-0.05, 0) is 46.8 Å². The third-order valence-corrected chi connectivity index (χ3v) is 8.49. The van der Waals surface area contributed by atoms with Crippen LogP contribution in [0.2, 0.25) is 0 Å². The molecule has 188 valence electrons. The predicted molar refractivity (Wildman–Crippen MR) is 139 cm³/mol. The number of aromatic nitrogens is 1. The van der Waals surface area contributed by atoms with Crippen LogP contribution in [0, 0.1) is 11.3 Å². The molecule has 0 radical (unpaired) electrons. The van der Waals surface area contributed by atoms with Gasteiger partial charge in [-0.15, -0.1) is 11.3 Å². The molecule has 35 heavy (non-hydrogen) atoms. The van der Waals surface area contributed by atoms with E-state index in [4.69, 9.17) is 24.3 Å². The summed E-state index contributed by atoms with van der Waals surface area (Å²) in [5.41, 5.74) is 5.63. The van der Waals surface area contributed by atoms with Gasteiger partial charge in [0.1, 0.15) is 0 Å². The van der Waals surface area contributed by atoms with Crippen molar-refractivity contribution in [2.75, 3.05) is 45.0 Å². The standard InChI is InChI=1S/C28H36N2O4S/c1-28-15-25(28)26(28)22-7-3-20(4-8-22)16-30(17-21-5-9-24(32-2)10-6-21)27-29-23(19-35-27)18-34-14-13-33-12-11-31/h3-9,19,24-26,31H,10-18H2,1-2H3. The van der Waals surface area contributed by atoms with Crippen molar-refractivity contribution in [1.82, 2.24) is 4.98 Å². The van der Waals surface area contributed by atoms with Crippen LogP contribution in [0.3, 0.4) is 0 Å². The Morgan fingerprint density at radius 3 is 2.60 bits per heavy atom. The number of rotatable bonds is 14. The number of hydrogen-bond acceptors (Lipinski definition) is 7. The number of anilines is 1. The molecule has 4 atom stereocenters. The lowest BCUT2D eigenvalue weighted by atomic mass is 9.97. The second-order valence-corrected chi connectivity index (χ2v) is 10.9. The van der Waals surface area contributed by atoms with Crippen molar-refractivity contribution < 1.29 is 19.3 Å². The molecule has 0 bridgehead atoms. The van der Waals surface area contributed by atoms with Gasteiger partial charge in [0.25, 0.3) is 0 Å². The monoisotopic (exact) mass is 496 g/mol. The zero-order valence-electron chi connectivity index (χ0n) is 20.7. The SMILES string of the molecule is COC1C=CC(CN(Cc2ccc(C3C4CC43C)cc2)c2nc(COCCOCCO)cs2)=CC1. The lowest BCUT2D eigenvalue weighted by Gasteiger charge is -2.24. The summed E-state index contributed by atoms with van der Waals surface area (Å²) in [6, 6.07) is 9.25. The summed E-state index contributed by atoms with van der Waals surface area (Å²) >= 11 is 1.66. The summed E-state index contributed by atoms with van der Waals surface area (Å²) in [6.07, 6.45) is 9.07. The zero-order chi connectivity index (χ0) is 24.3. The second kappa shape index (κ2) is 10.9. The van der Waals surface area contributed by atoms with Crippen molar-refractivity contribution in [3.8, 4) is 0 Å². The summed E-state index contributed by atoms with van der Waals surface area (Å²) in [4.78, 5) is 7.23. The highest BCUT2D eigenvalue weighted by Crippen LogP contribution is 2.83. The number of hydrogen-bond donors (Lipinski definition) is 1. The van der Waals surface area contributed by atoms with Crippen molar-refractivity contribution >= 4 is 16.5 Å². The van der Waals surface area contributed by atoms with E-state index in [-0.39, 0.29) is 12.7 Å². The molecule has 0 spiro atoms. The number of thiazole rings is 1. The van der Waals surface area contributed by atoms with Crippen LogP contribution in [-0.4, -0.2) is 56.3 Å². The fraction of sp³-hybridized carbons (Fsp3) is 0.536. The van der Waals surface area contributed by atoms with Crippen LogP contribution in [0.5, 0.6) is 0 Å². The van der Waals surface area contributed by atoms with Crippen LogP contribution >= 0.6 is 11.3 Å². The molecule has 0 amide bonds. The minimum atomic E-state index is 0.0340. The van der Waals surface area contributed by atoms with E-state index >= 15 is 0 Å². The molecule has 4 unspecified atom stereocenters. The minimum Gasteiger partial charge on any atom is -0.394 e. The Balaban J connectivity index is 1.22. The molecule has 1 aromatic carbocycles. The maximum atomic E-state index is 8.77. The average molecular weight is 497 g/mol. The lowest BCUT2D eigenvalue weighted by Crippen LogP contribution is -2.26. The molecule has 7 heteroatoms. The molecular formula is C28H36N2O4S. The Morgan fingerprint density at radius 2 is 1.94 bits per heavy atom. The molecule has 2 saturated carbocycles. The first kappa shape index (κ1) is 24.7. The Kier molecular flexibility index (Phi) is 7.70. The van der Waals surface area contributed by atoms with Gasteiger partial charge in [0.2, 0.25) is 0 Å². The smallest absolute Gasteiger partial charge is 0.186 e. The van der Waals surface area contributed by atoms with Gasteiger partial charge in [0.15, 0.2) is 5.13 Å². The van der Waals surface area contributed by atoms with Crippen LogP contribution in [0.1, 0.15) is 42.5 Å². The van der Waals surface area contributed by atoms with E-state index < -0.39 is 0 Å². The van der Waals surface area contributed by atoms with Crippen molar-refractivity contribution in [1.29, 1.82) is 0 Å². The van der Waals surface area contributed by atoms with Gasteiger partial charge in [-0.2, -0.15) is 0 Å². The van der Waals surface area contributed by atoms with Crippen LogP contribution in [0.25, 0.3) is 0 Å². The molecular weight excluding hydrogens is 460 g/mol. The fourth-order valence-corrected chi connectivity index (χ4v) is 5.95. The average Bonchev–Trinajstić information content (AvgIpc) is 3.61. The largest absolute Gasteiger partial charge is 0.394 e. The van der Waals surface area contributed by atoms with Gasteiger partial charge < -0.3 is 24.2 Å². The summed E-state index contributed by atoms with van der Waals surface area (Å²) in [5, 5.41) is 11.9. The van der Waals surface area contributed by atoms with Gasteiger partial charge in [-0.1, -0.05) is 49.4 Å². The van der Waals surface area contributed by atoms with Crippen molar-refractivity contribution in [3.05, 3.63) is 70.3 Å². The summed E-state index contributed by atoms with van der Waals surface area (Å²) in [6.45, 7) is 5.84. The number of aliphatic hydroxyl groups is 1. The van der Waals surface area contributed by atoms with Gasteiger partial charge in [0.05, 0.1) is 44.8 Å². The van der Waals surface area contributed by atoms with Gasteiger partial charge >= 0.3 is 0 Å². The first-order valence-corrected chi connectivity index (χ1v) is 13.4. The Labute approximate surface area is 212 Å². The lowest BCUT2D eigenvalue weighted by molar-refractivity contribution is 0.0267. The van der Waals surface area contributed by atoms with Crippen molar-refractivity contribution in [2.24, 2.45) is 11.3 Å².